The van der Waals surface area contributed by atoms with Gasteiger partial charge in [0.05, 0.1) is 11.6 Å². The number of nitriles is 1. The quantitative estimate of drug-likeness (QED) is 0.782. The first-order valence-electron chi connectivity index (χ1n) is 7.15. The molecule has 2 aliphatic carbocycles. The van der Waals surface area contributed by atoms with Crippen LogP contribution < -0.4 is 0 Å². The van der Waals surface area contributed by atoms with Crippen LogP contribution in [-0.4, -0.2) is 18.0 Å². The first-order valence-corrected chi connectivity index (χ1v) is 7.15. The van der Waals surface area contributed by atoms with E-state index in [2.05, 4.69) is 4.90 Å². The Labute approximate surface area is 113 Å². The van der Waals surface area contributed by atoms with Gasteiger partial charge in [-0.25, -0.2) is 4.39 Å². The number of rotatable bonds is 6. The molecule has 3 rings (SSSR count). The zero-order chi connectivity index (χ0) is 13.2. The van der Waals surface area contributed by atoms with Crippen molar-refractivity contribution in [2.45, 2.75) is 32.2 Å². The standard InChI is InChI=1S/C16H19FN2/c17-16-6-14(8-18)5-15(7-16)11-19(9-12-1-2-12)10-13-3-4-13/h5-7,12-13H,1-4,9-11H2. The highest BCUT2D eigenvalue weighted by Gasteiger charge is 2.29. The molecule has 0 aromatic heterocycles. The van der Waals surface area contributed by atoms with Crippen molar-refractivity contribution in [1.29, 1.82) is 5.26 Å². The molecule has 2 aliphatic rings. The Bertz CT molecular complexity index is 484. The van der Waals surface area contributed by atoms with E-state index in [-0.39, 0.29) is 5.82 Å². The van der Waals surface area contributed by atoms with E-state index in [9.17, 15) is 4.39 Å². The highest BCUT2D eigenvalue weighted by atomic mass is 19.1. The van der Waals surface area contributed by atoms with E-state index in [4.69, 9.17) is 5.26 Å². The summed E-state index contributed by atoms with van der Waals surface area (Å²) in [6, 6.07) is 6.71. The summed E-state index contributed by atoms with van der Waals surface area (Å²) in [7, 11) is 0. The van der Waals surface area contributed by atoms with Gasteiger partial charge in [-0.1, -0.05) is 0 Å². The second-order valence-electron chi connectivity index (χ2n) is 6.04. The molecule has 0 atom stereocenters. The number of hydrogen-bond acceptors (Lipinski definition) is 2. The lowest BCUT2D eigenvalue weighted by molar-refractivity contribution is 0.244. The average molecular weight is 258 g/mol. The van der Waals surface area contributed by atoms with Gasteiger partial charge in [-0.15, -0.1) is 0 Å². The molecule has 2 saturated carbocycles. The summed E-state index contributed by atoms with van der Waals surface area (Å²) in [5, 5.41) is 8.90. The summed E-state index contributed by atoms with van der Waals surface area (Å²) in [6.07, 6.45) is 5.36. The fourth-order valence-electron chi connectivity index (χ4n) is 2.60. The summed E-state index contributed by atoms with van der Waals surface area (Å²) >= 11 is 0. The lowest BCUT2D eigenvalue weighted by Crippen LogP contribution is -2.27. The molecule has 0 amide bonds. The van der Waals surface area contributed by atoms with Crippen molar-refractivity contribution in [3.05, 3.63) is 35.1 Å². The molecule has 2 nitrogen and oxygen atoms in total. The Morgan fingerprint density at radius 3 is 2.26 bits per heavy atom. The average Bonchev–Trinajstić information content (AvgIpc) is 3.24. The molecule has 0 bridgehead atoms. The first-order chi connectivity index (χ1) is 9.22. The highest BCUT2D eigenvalue weighted by Crippen LogP contribution is 2.34. The SMILES string of the molecule is N#Cc1cc(F)cc(CN(CC2CC2)CC2CC2)c1. The van der Waals surface area contributed by atoms with E-state index < -0.39 is 0 Å². The third kappa shape index (κ3) is 3.78. The normalized spacial score (nSPS) is 18.6. The van der Waals surface area contributed by atoms with Crippen LogP contribution in [0, 0.1) is 29.0 Å². The van der Waals surface area contributed by atoms with Gasteiger partial charge < -0.3 is 0 Å². The monoisotopic (exact) mass is 258 g/mol. The van der Waals surface area contributed by atoms with Gasteiger partial charge in [0, 0.05) is 19.6 Å². The predicted molar refractivity (Wildman–Crippen MR) is 71.8 cm³/mol. The van der Waals surface area contributed by atoms with Crippen LogP contribution in [0.5, 0.6) is 0 Å². The van der Waals surface area contributed by atoms with E-state index >= 15 is 0 Å². The molecule has 0 radical (unpaired) electrons. The molecule has 2 fully saturated rings. The van der Waals surface area contributed by atoms with Crippen LogP contribution in [0.2, 0.25) is 0 Å². The van der Waals surface area contributed by atoms with Crippen molar-refractivity contribution in [3.8, 4) is 6.07 Å². The summed E-state index contributed by atoms with van der Waals surface area (Å²) in [5.41, 5.74) is 1.35. The van der Waals surface area contributed by atoms with Crippen molar-refractivity contribution in [3.63, 3.8) is 0 Å². The summed E-state index contributed by atoms with van der Waals surface area (Å²) in [5.74, 6) is 1.40. The van der Waals surface area contributed by atoms with Gasteiger partial charge in [0.25, 0.3) is 0 Å². The number of halogens is 1. The summed E-state index contributed by atoms with van der Waals surface area (Å²) in [4.78, 5) is 2.45. The maximum absolute atomic E-state index is 13.4. The largest absolute Gasteiger partial charge is 0.299 e. The van der Waals surface area contributed by atoms with E-state index in [0.717, 1.165) is 37.0 Å². The van der Waals surface area contributed by atoms with Crippen LogP contribution in [-0.2, 0) is 6.54 Å². The molecule has 0 heterocycles. The minimum absolute atomic E-state index is 0.299. The van der Waals surface area contributed by atoms with Crippen LogP contribution in [0.25, 0.3) is 0 Å². The van der Waals surface area contributed by atoms with Crippen molar-refractivity contribution < 1.29 is 4.39 Å². The van der Waals surface area contributed by atoms with Crippen molar-refractivity contribution >= 4 is 0 Å². The fourth-order valence-corrected chi connectivity index (χ4v) is 2.60. The maximum Gasteiger partial charge on any atom is 0.124 e. The molecule has 0 aliphatic heterocycles. The van der Waals surface area contributed by atoms with E-state index in [1.165, 1.54) is 31.7 Å². The van der Waals surface area contributed by atoms with Crippen LogP contribution in [0.3, 0.4) is 0 Å². The van der Waals surface area contributed by atoms with Gasteiger partial charge >= 0.3 is 0 Å². The molecule has 0 unspecified atom stereocenters. The summed E-state index contributed by atoms with van der Waals surface area (Å²) < 4.78 is 13.4. The molecule has 0 spiro atoms. The lowest BCUT2D eigenvalue weighted by Gasteiger charge is -2.22. The molecular formula is C16H19FN2. The molecule has 3 heteroatoms. The Balaban J connectivity index is 1.68. The molecule has 0 saturated heterocycles. The molecular weight excluding hydrogens is 239 g/mol. The lowest BCUT2D eigenvalue weighted by atomic mass is 10.1. The first kappa shape index (κ1) is 12.6. The van der Waals surface area contributed by atoms with Gasteiger partial charge in [-0.3, -0.25) is 4.90 Å². The van der Waals surface area contributed by atoms with Gasteiger partial charge in [0.1, 0.15) is 5.82 Å². The maximum atomic E-state index is 13.4. The zero-order valence-corrected chi connectivity index (χ0v) is 11.1. The van der Waals surface area contributed by atoms with Gasteiger partial charge in [0.15, 0.2) is 0 Å². The van der Waals surface area contributed by atoms with Gasteiger partial charge in [0.2, 0.25) is 0 Å². The molecule has 19 heavy (non-hydrogen) atoms. The fraction of sp³-hybridized carbons (Fsp3) is 0.562. The minimum atomic E-state index is -0.299. The van der Waals surface area contributed by atoms with Crippen LogP contribution >= 0.6 is 0 Å². The third-order valence-corrected chi connectivity index (χ3v) is 3.92. The van der Waals surface area contributed by atoms with Gasteiger partial charge in [-0.05, 0) is 61.3 Å². The van der Waals surface area contributed by atoms with Crippen LogP contribution in [0.1, 0.15) is 36.8 Å². The third-order valence-electron chi connectivity index (χ3n) is 3.92. The molecule has 1 aromatic carbocycles. The second kappa shape index (κ2) is 5.30. The van der Waals surface area contributed by atoms with Crippen molar-refractivity contribution in [2.24, 2.45) is 11.8 Å². The number of nitrogens with zero attached hydrogens (tertiary/aromatic N) is 2. The minimum Gasteiger partial charge on any atom is -0.299 e. The van der Waals surface area contributed by atoms with Crippen molar-refractivity contribution in [2.75, 3.05) is 13.1 Å². The smallest absolute Gasteiger partial charge is 0.124 e. The van der Waals surface area contributed by atoms with Crippen LogP contribution in [0.15, 0.2) is 18.2 Å². The van der Waals surface area contributed by atoms with Crippen LogP contribution in [0.4, 0.5) is 4.39 Å². The van der Waals surface area contributed by atoms with E-state index in [1.807, 2.05) is 12.1 Å². The zero-order valence-electron chi connectivity index (χ0n) is 11.1. The van der Waals surface area contributed by atoms with E-state index in [0.29, 0.717) is 5.56 Å². The van der Waals surface area contributed by atoms with Gasteiger partial charge in [-0.2, -0.15) is 5.26 Å². The second-order valence-corrected chi connectivity index (χ2v) is 6.04. The Morgan fingerprint density at radius 1 is 1.11 bits per heavy atom. The molecule has 1 aromatic rings. The highest BCUT2D eigenvalue weighted by molar-refractivity contribution is 5.33. The Hall–Kier alpha value is -1.40. The molecule has 0 N–H and O–H groups in total. The van der Waals surface area contributed by atoms with E-state index in [1.54, 1.807) is 6.07 Å². The predicted octanol–water partition coefficient (Wildman–Crippen LogP) is 3.32. The Kier molecular flexibility index (Phi) is 3.52. The number of benzene rings is 1. The summed E-state index contributed by atoms with van der Waals surface area (Å²) in [6.45, 7) is 3.04. The molecule has 100 valence electrons. The number of hydrogen-bond donors (Lipinski definition) is 0. The Morgan fingerprint density at radius 2 is 1.74 bits per heavy atom. The van der Waals surface area contributed by atoms with Crippen molar-refractivity contribution in [1.82, 2.24) is 4.90 Å². The topological polar surface area (TPSA) is 27.0 Å².